The molecular formula is C62H42N2O. The molecule has 13 rings (SSSR count). The van der Waals surface area contributed by atoms with Crippen LogP contribution < -0.4 is 0 Å². The summed E-state index contributed by atoms with van der Waals surface area (Å²) in [5, 5.41) is 7.24. The quantitative estimate of drug-likeness (QED) is 0.164. The molecule has 0 fully saturated rings. The van der Waals surface area contributed by atoms with E-state index in [-0.39, 0.29) is 0 Å². The van der Waals surface area contributed by atoms with Crippen molar-refractivity contribution < 1.29 is 4.42 Å². The molecule has 0 aliphatic rings. The third-order valence-corrected chi connectivity index (χ3v) is 13.4. The average Bonchev–Trinajstić information content (AvgIpc) is 4.01. The molecule has 0 atom stereocenters. The summed E-state index contributed by atoms with van der Waals surface area (Å²) in [5.41, 5.74) is 21.0. The van der Waals surface area contributed by atoms with Gasteiger partial charge < -0.3 is 13.6 Å². The van der Waals surface area contributed by atoms with Gasteiger partial charge in [0.15, 0.2) is 0 Å². The Morgan fingerprint density at radius 2 is 0.754 bits per heavy atom. The molecule has 3 aromatic heterocycles. The zero-order chi connectivity index (χ0) is 43.2. The first-order valence-corrected chi connectivity index (χ1v) is 22.4. The maximum absolute atomic E-state index is 6.40. The van der Waals surface area contributed by atoms with E-state index >= 15 is 0 Å². The van der Waals surface area contributed by atoms with Crippen molar-refractivity contribution in [1.29, 1.82) is 0 Å². The lowest BCUT2D eigenvalue weighted by atomic mass is 9.97. The number of hydrogen-bond acceptors (Lipinski definition) is 1. The largest absolute Gasteiger partial charge is 0.455 e. The highest BCUT2D eigenvalue weighted by molar-refractivity contribution is 6.13. The van der Waals surface area contributed by atoms with E-state index in [4.69, 9.17) is 4.42 Å². The minimum atomic E-state index is 0.913. The second kappa shape index (κ2) is 14.6. The van der Waals surface area contributed by atoms with Gasteiger partial charge in [-0.25, -0.2) is 0 Å². The van der Waals surface area contributed by atoms with E-state index in [0.717, 1.165) is 44.4 Å². The predicted octanol–water partition coefficient (Wildman–Crippen LogP) is 17.1. The smallest absolute Gasteiger partial charge is 0.143 e. The Morgan fingerprint density at radius 3 is 1.37 bits per heavy atom. The second-order valence-electron chi connectivity index (χ2n) is 17.5. The first-order chi connectivity index (χ1) is 32.0. The summed E-state index contributed by atoms with van der Waals surface area (Å²) < 4.78 is 11.2. The van der Waals surface area contributed by atoms with Crippen LogP contribution in [0.1, 0.15) is 11.1 Å². The van der Waals surface area contributed by atoms with Gasteiger partial charge in [-0.15, -0.1) is 0 Å². The van der Waals surface area contributed by atoms with Gasteiger partial charge in [0.2, 0.25) is 0 Å². The summed E-state index contributed by atoms with van der Waals surface area (Å²) in [4.78, 5) is 0. The van der Waals surface area contributed by atoms with Gasteiger partial charge in [-0.2, -0.15) is 0 Å². The third kappa shape index (κ3) is 6.04. The molecule has 0 unspecified atom stereocenters. The van der Waals surface area contributed by atoms with Crippen molar-refractivity contribution in [3.05, 3.63) is 230 Å². The van der Waals surface area contributed by atoms with Crippen molar-refractivity contribution in [2.75, 3.05) is 0 Å². The van der Waals surface area contributed by atoms with Gasteiger partial charge in [0, 0.05) is 49.3 Å². The average molecular weight is 831 g/mol. The number of hydrogen-bond donors (Lipinski definition) is 0. The summed E-state index contributed by atoms with van der Waals surface area (Å²) in [6.07, 6.45) is 0. The van der Waals surface area contributed by atoms with E-state index in [2.05, 4.69) is 229 Å². The minimum absolute atomic E-state index is 0.913. The number of furan rings is 1. The van der Waals surface area contributed by atoms with Crippen LogP contribution in [-0.4, -0.2) is 9.13 Å². The monoisotopic (exact) mass is 830 g/mol. The normalized spacial score (nSPS) is 11.8. The topological polar surface area (TPSA) is 23.0 Å². The number of rotatable bonds is 6. The Hall–Kier alpha value is -8.40. The number of nitrogens with zero attached hydrogens (tertiary/aromatic N) is 2. The first kappa shape index (κ1) is 37.2. The Kier molecular flexibility index (Phi) is 8.34. The van der Waals surface area contributed by atoms with Crippen LogP contribution in [0.25, 0.3) is 121 Å². The minimum Gasteiger partial charge on any atom is -0.455 e. The zero-order valence-corrected chi connectivity index (χ0v) is 36.1. The molecule has 13 aromatic rings. The molecule has 0 bridgehead atoms. The molecule has 0 aliphatic carbocycles. The highest BCUT2D eigenvalue weighted by Crippen LogP contribution is 2.40. The van der Waals surface area contributed by atoms with Crippen molar-refractivity contribution in [2.45, 2.75) is 13.8 Å². The summed E-state index contributed by atoms with van der Waals surface area (Å²) in [7, 11) is 0. The van der Waals surface area contributed by atoms with Crippen LogP contribution in [0.4, 0.5) is 0 Å². The fraction of sp³-hybridized carbons (Fsp3) is 0.0323. The maximum Gasteiger partial charge on any atom is 0.143 e. The first-order valence-electron chi connectivity index (χ1n) is 22.4. The fourth-order valence-electron chi connectivity index (χ4n) is 10.4. The lowest BCUT2D eigenvalue weighted by Gasteiger charge is -2.11. The van der Waals surface area contributed by atoms with E-state index < -0.39 is 0 Å². The lowest BCUT2D eigenvalue weighted by Crippen LogP contribution is -1.94. The number of aromatic nitrogens is 2. The van der Waals surface area contributed by atoms with Gasteiger partial charge in [0.05, 0.1) is 22.1 Å². The second-order valence-corrected chi connectivity index (χ2v) is 17.5. The van der Waals surface area contributed by atoms with Crippen LogP contribution in [0, 0.1) is 13.8 Å². The Morgan fingerprint density at radius 1 is 0.292 bits per heavy atom. The van der Waals surface area contributed by atoms with Gasteiger partial charge in [-0.05, 0) is 126 Å². The molecule has 0 N–H and O–H groups in total. The van der Waals surface area contributed by atoms with E-state index in [9.17, 15) is 0 Å². The molecule has 306 valence electrons. The maximum atomic E-state index is 6.40. The predicted molar refractivity (Wildman–Crippen MR) is 274 cm³/mol. The molecule has 0 radical (unpaired) electrons. The van der Waals surface area contributed by atoms with Crippen LogP contribution in [0.2, 0.25) is 0 Å². The van der Waals surface area contributed by atoms with E-state index in [0.29, 0.717) is 0 Å². The Bertz CT molecular complexity index is 3990. The molecule has 3 heteroatoms. The SMILES string of the molecule is Cc1cc(C)cc(-c2cccc(-c3ccc(-n4c5ccccc5c5cc(-c6ccc7c(c6)c6ccccc6n7-c6ccc(-c7cccc8c7oc7ccccc78)cc6)ccc54)cc3)c2)c1. The van der Waals surface area contributed by atoms with Crippen molar-refractivity contribution in [3.63, 3.8) is 0 Å². The molecule has 3 heterocycles. The summed E-state index contributed by atoms with van der Waals surface area (Å²) in [5.74, 6) is 0. The van der Waals surface area contributed by atoms with E-state index in [1.165, 1.54) is 88.1 Å². The Labute approximate surface area is 376 Å². The molecule has 0 saturated heterocycles. The zero-order valence-electron chi connectivity index (χ0n) is 36.1. The summed E-state index contributed by atoms with van der Waals surface area (Å²) >= 11 is 0. The van der Waals surface area contributed by atoms with E-state index in [1.54, 1.807) is 0 Å². The highest BCUT2D eigenvalue weighted by atomic mass is 16.3. The Balaban J connectivity index is 0.860. The third-order valence-electron chi connectivity index (χ3n) is 13.4. The van der Waals surface area contributed by atoms with Crippen LogP contribution >= 0.6 is 0 Å². The number of fused-ring (bicyclic) bond motifs is 9. The number of para-hydroxylation sites is 4. The van der Waals surface area contributed by atoms with Gasteiger partial charge >= 0.3 is 0 Å². The highest BCUT2D eigenvalue weighted by Gasteiger charge is 2.18. The number of benzene rings is 10. The molecule has 0 aliphatic heterocycles. The van der Waals surface area contributed by atoms with Crippen molar-refractivity contribution in [3.8, 4) is 55.9 Å². The van der Waals surface area contributed by atoms with Crippen molar-refractivity contribution in [2.24, 2.45) is 0 Å². The summed E-state index contributed by atoms with van der Waals surface area (Å²) in [6, 6.07) is 79.8. The van der Waals surface area contributed by atoms with Crippen molar-refractivity contribution >= 4 is 65.6 Å². The lowest BCUT2D eigenvalue weighted by molar-refractivity contribution is 0.670. The van der Waals surface area contributed by atoms with Crippen molar-refractivity contribution in [1.82, 2.24) is 9.13 Å². The van der Waals surface area contributed by atoms with Gasteiger partial charge in [-0.1, -0.05) is 157 Å². The van der Waals surface area contributed by atoms with Gasteiger partial charge in [-0.3, -0.25) is 0 Å². The van der Waals surface area contributed by atoms with Crippen LogP contribution in [0.5, 0.6) is 0 Å². The molecule has 10 aromatic carbocycles. The molecular weight excluding hydrogens is 789 g/mol. The van der Waals surface area contributed by atoms with Gasteiger partial charge in [0.25, 0.3) is 0 Å². The standard InChI is InChI=1S/C62H42N2O/c1-39-33-40(2)35-47(34-39)44-12-9-11-43(36-44)41-21-27-48(28-22-41)63-57-18-6-3-13-51(57)55-37-45(25-31-59(55)63)46-26-32-60-56(38-46)52-14-4-7-19-58(52)64(60)49-29-23-42(24-30-49)50-16-10-17-54-53-15-5-8-20-61(53)65-62(50)54/h3-38H,1-2H3. The number of aryl methyl sites for hydroxylation is 2. The van der Waals surface area contributed by atoms with Crippen LogP contribution in [-0.2, 0) is 0 Å². The molecule has 0 spiro atoms. The van der Waals surface area contributed by atoms with E-state index in [1.807, 2.05) is 12.1 Å². The summed E-state index contributed by atoms with van der Waals surface area (Å²) in [6.45, 7) is 4.34. The fourth-order valence-corrected chi connectivity index (χ4v) is 10.4. The molecule has 65 heavy (non-hydrogen) atoms. The molecule has 0 saturated carbocycles. The van der Waals surface area contributed by atoms with Crippen LogP contribution in [0.15, 0.2) is 223 Å². The van der Waals surface area contributed by atoms with Gasteiger partial charge in [0.1, 0.15) is 11.2 Å². The molecule has 0 amide bonds. The van der Waals surface area contributed by atoms with Crippen LogP contribution in [0.3, 0.4) is 0 Å². The molecule has 3 nitrogen and oxygen atoms in total.